The van der Waals surface area contributed by atoms with Crippen molar-refractivity contribution in [3.8, 4) is 0 Å². The second kappa shape index (κ2) is 6.78. The maximum atomic E-state index is 13.4. The number of pyridine rings is 1. The minimum Gasteiger partial charge on any atom is -0.306 e. The molecule has 0 aromatic carbocycles. The van der Waals surface area contributed by atoms with Crippen LogP contribution in [0, 0.1) is 5.82 Å². The molecule has 0 saturated heterocycles. The van der Waals surface area contributed by atoms with Crippen LogP contribution in [0.5, 0.6) is 0 Å². The molecule has 1 atom stereocenters. The van der Waals surface area contributed by atoms with Crippen LogP contribution in [0.15, 0.2) is 29.9 Å². The minimum absolute atomic E-state index is 0.0399. The van der Waals surface area contributed by atoms with Gasteiger partial charge < -0.3 is 5.32 Å². The minimum atomic E-state index is -0.282. The second-order valence-electron chi connectivity index (χ2n) is 4.49. The number of nitrogens with zero attached hydrogens (tertiary/aromatic N) is 1. The predicted octanol–water partition coefficient (Wildman–Crippen LogP) is 3.93. The number of hydrogen-bond acceptors (Lipinski definition) is 3. The molecule has 0 aliphatic rings. The van der Waals surface area contributed by atoms with Crippen molar-refractivity contribution in [2.75, 3.05) is 6.54 Å². The van der Waals surface area contributed by atoms with Gasteiger partial charge in [-0.1, -0.05) is 13.8 Å². The zero-order chi connectivity index (χ0) is 13.7. The summed E-state index contributed by atoms with van der Waals surface area (Å²) in [6, 6.07) is 3.76. The molecule has 2 rings (SSSR count). The molecule has 0 radical (unpaired) electrons. The first kappa shape index (κ1) is 14.2. The summed E-state index contributed by atoms with van der Waals surface area (Å²) in [6.45, 7) is 5.18. The first-order valence-electron chi connectivity index (χ1n) is 6.66. The Morgan fingerprint density at radius 3 is 2.89 bits per heavy atom. The summed E-state index contributed by atoms with van der Waals surface area (Å²) in [4.78, 5) is 5.24. The van der Waals surface area contributed by atoms with E-state index in [0.29, 0.717) is 0 Å². The Labute approximate surface area is 117 Å². The predicted molar refractivity (Wildman–Crippen MR) is 78.0 cm³/mol. The lowest BCUT2D eigenvalue weighted by Crippen LogP contribution is -2.23. The molecular formula is C15H19FN2S. The Morgan fingerprint density at radius 1 is 1.37 bits per heavy atom. The zero-order valence-corrected chi connectivity index (χ0v) is 12.1. The third kappa shape index (κ3) is 3.39. The van der Waals surface area contributed by atoms with Crippen LogP contribution in [0.3, 0.4) is 0 Å². The monoisotopic (exact) mass is 278 g/mol. The topological polar surface area (TPSA) is 24.9 Å². The van der Waals surface area contributed by atoms with Gasteiger partial charge in [-0.15, -0.1) is 11.3 Å². The van der Waals surface area contributed by atoms with Gasteiger partial charge in [0.05, 0.1) is 12.2 Å². The Balaban J connectivity index is 2.35. The number of rotatable bonds is 6. The molecule has 2 aromatic rings. The van der Waals surface area contributed by atoms with Crippen LogP contribution in [-0.4, -0.2) is 11.5 Å². The molecule has 0 bridgehead atoms. The Morgan fingerprint density at radius 2 is 2.21 bits per heavy atom. The second-order valence-corrected chi connectivity index (χ2v) is 5.43. The summed E-state index contributed by atoms with van der Waals surface area (Å²) in [7, 11) is 0. The van der Waals surface area contributed by atoms with Crippen molar-refractivity contribution in [1.82, 2.24) is 10.3 Å². The molecule has 2 nitrogen and oxygen atoms in total. The van der Waals surface area contributed by atoms with E-state index in [1.807, 2.05) is 0 Å². The standard InChI is InChI=1S/C15H19FN2S/c1-3-6-18-14(12-8-13(16)10-17-9-12)15-11(4-2)5-7-19-15/h5,7-10,14,18H,3-4,6H2,1-2H3. The Kier molecular flexibility index (Phi) is 5.05. The molecule has 0 aliphatic carbocycles. The summed E-state index contributed by atoms with van der Waals surface area (Å²) < 4.78 is 13.4. The van der Waals surface area contributed by atoms with Gasteiger partial charge in [0.1, 0.15) is 5.82 Å². The number of nitrogens with one attached hydrogen (secondary N) is 1. The van der Waals surface area contributed by atoms with Gasteiger partial charge >= 0.3 is 0 Å². The SMILES string of the molecule is CCCNC(c1cncc(F)c1)c1sccc1CC. The van der Waals surface area contributed by atoms with Gasteiger partial charge in [-0.3, -0.25) is 4.98 Å². The van der Waals surface area contributed by atoms with E-state index in [1.54, 1.807) is 23.6 Å². The van der Waals surface area contributed by atoms with Crippen LogP contribution in [-0.2, 0) is 6.42 Å². The van der Waals surface area contributed by atoms with E-state index in [4.69, 9.17) is 0 Å². The number of hydrogen-bond donors (Lipinski definition) is 1. The molecule has 0 aliphatic heterocycles. The number of aryl methyl sites for hydroxylation is 1. The number of aromatic nitrogens is 1. The Hall–Kier alpha value is -1.26. The number of halogens is 1. The highest BCUT2D eigenvalue weighted by molar-refractivity contribution is 7.10. The van der Waals surface area contributed by atoms with Crippen LogP contribution in [0.1, 0.15) is 42.3 Å². The molecule has 19 heavy (non-hydrogen) atoms. The molecule has 0 amide bonds. The van der Waals surface area contributed by atoms with Crippen LogP contribution in [0.25, 0.3) is 0 Å². The summed E-state index contributed by atoms with van der Waals surface area (Å²) in [5, 5.41) is 5.59. The van der Waals surface area contributed by atoms with E-state index in [2.05, 4.69) is 35.6 Å². The van der Waals surface area contributed by atoms with Crippen molar-refractivity contribution in [3.05, 3.63) is 51.7 Å². The number of thiophene rings is 1. The van der Waals surface area contributed by atoms with Crippen LogP contribution < -0.4 is 5.32 Å². The zero-order valence-electron chi connectivity index (χ0n) is 11.3. The highest BCUT2D eigenvalue weighted by Gasteiger charge is 2.18. The van der Waals surface area contributed by atoms with Gasteiger partial charge in [-0.2, -0.15) is 0 Å². The summed E-state index contributed by atoms with van der Waals surface area (Å²) in [5.41, 5.74) is 2.22. The highest BCUT2D eigenvalue weighted by Crippen LogP contribution is 2.30. The van der Waals surface area contributed by atoms with E-state index in [9.17, 15) is 4.39 Å². The third-order valence-corrected chi connectivity index (χ3v) is 4.11. The molecule has 2 heterocycles. The molecule has 2 aromatic heterocycles. The van der Waals surface area contributed by atoms with E-state index in [-0.39, 0.29) is 11.9 Å². The maximum absolute atomic E-state index is 13.4. The van der Waals surface area contributed by atoms with Crippen molar-refractivity contribution in [2.24, 2.45) is 0 Å². The molecule has 0 fully saturated rings. The van der Waals surface area contributed by atoms with E-state index < -0.39 is 0 Å². The average molecular weight is 278 g/mol. The summed E-state index contributed by atoms with van der Waals surface area (Å²) in [6.07, 6.45) is 5.03. The van der Waals surface area contributed by atoms with Gasteiger partial charge in [0.25, 0.3) is 0 Å². The molecule has 0 saturated carbocycles. The lowest BCUT2D eigenvalue weighted by molar-refractivity contribution is 0.583. The van der Waals surface area contributed by atoms with Crippen LogP contribution in [0.4, 0.5) is 4.39 Å². The van der Waals surface area contributed by atoms with Crippen molar-refractivity contribution in [3.63, 3.8) is 0 Å². The van der Waals surface area contributed by atoms with Gasteiger partial charge in [0, 0.05) is 11.1 Å². The smallest absolute Gasteiger partial charge is 0.141 e. The summed E-state index contributed by atoms with van der Waals surface area (Å²) >= 11 is 1.72. The van der Waals surface area contributed by atoms with Gasteiger partial charge in [0.15, 0.2) is 0 Å². The average Bonchev–Trinajstić information content (AvgIpc) is 2.88. The third-order valence-electron chi connectivity index (χ3n) is 3.08. The quantitative estimate of drug-likeness (QED) is 0.866. The van der Waals surface area contributed by atoms with Gasteiger partial charge in [0.2, 0.25) is 0 Å². The molecule has 0 spiro atoms. The summed E-state index contributed by atoms with van der Waals surface area (Å²) in [5.74, 6) is -0.282. The molecular weight excluding hydrogens is 259 g/mol. The van der Waals surface area contributed by atoms with Crippen molar-refractivity contribution < 1.29 is 4.39 Å². The Bertz CT molecular complexity index is 524. The molecule has 1 N–H and O–H groups in total. The molecule has 1 unspecified atom stereocenters. The van der Waals surface area contributed by atoms with Crippen LogP contribution >= 0.6 is 11.3 Å². The first-order chi connectivity index (χ1) is 9.26. The molecule has 102 valence electrons. The largest absolute Gasteiger partial charge is 0.306 e. The van der Waals surface area contributed by atoms with Crippen LogP contribution in [0.2, 0.25) is 0 Å². The lowest BCUT2D eigenvalue weighted by atomic mass is 10.0. The van der Waals surface area contributed by atoms with Crippen molar-refractivity contribution in [2.45, 2.75) is 32.7 Å². The maximum Gasteiger partial charge on any atom is 0.141 e. The lowest BCUT2D eigenvalue weighted by Gasteiger charge is -2.19. The van der Waals surface area contributed by atoms with E-state index in [1.165, 1.54) is 16.6 Å². The first-order valence-corrected chi connectivity index (χ1v) is 7.54. The normalized spacial score (nSPS) is 12.6. The van der Waals surface area contributed by atoms with E-state index >= 15 is 0 Å². The van der Waals surface area contributed by atoms with Crippen molar-refractivity contribution in [1.29, 1.82) is 0 Å². The van der Waals surface area contributed by atoms with Gasteiger partial charge in [-0.05, 0) is 48.0 Å². The fourth-order valence-electron chi connectivity index (χ4n) is 2.13. The van der Waals surface area contributed by atoms with Crippen molar-refractivity contribution >= 4 is 11.3 Å². The highest BCUT2D eigenvalue weighted by atomic mass is 32.1. The van der Waals surface area contributed by atoms with Gasteiger partial charge in [-0.25, -0.2) is 4.39 Å². The fourth-order valence-corrected chi connectivity index (χ4v) is 3.23. The molecule has 4 heteroatoms. The fraction of sp³-hybridized carbons (Fsp3) is 0.400. The van der Waals surface area contributed by atoms with E-state index in [0.717, 1.165) is 24.9 Å².